The molecule has 1 saturated heterocycles. The zero-order valence-electron chi connectivity index (χ0n) is 23.7. The van der Waals surface area contributed by atoms with Crippen LogP contribution in [0.1, 0.15) is 69.2 Å². The third-order valence-corrected chi connectivity index (χ3v) is 5.90. The number of allylic oxidation sites excluding steroid dienone is 3. The molecule has 0 aliphatic carbocycles. The van der Waals surface area contributed by atoms with Gasteiger partial charge < -0.3 is 9.47 Å². The molecule has 2 atom stereocenters. The van der Waals surface area contributed by atoms with Crippen LogP contribution in [0.3, 0.4) is 0 Å². The van der Waals surface area contributed by atoms with Gasteiger partial charge in [0.25, 0.3) is 0 Å². The standard InChI is InChI=1S/2C8H12O2.2C6H6O3/c2*1-5(7(3)9)6(2)8(4)10;2*1-3-4(2)6(8)9-5(3)7/h1-4H3;6H,1H2,2-4H3;1-2H3;4H,1H2,2H3/b6-5-;;;. The van der Waals surface area contributed by atoms with E-state index in [0.29, 0.717) is 27.9 Å². The summed E-state index contributed by atoms with van der Waals surface area (Å²) in [5, 5.41) is 0. The van der Waals surface area contributed by atoms with E-state index in [9.17, 15) is 38.4 Å². The Labute approximate surface area is 222 Å². The van der Waals surface area contributed by atoms with Crippen molar-refractivity contribution < 1.29 is 47.8 Å². The number of carbonyl (C=O) groups excluding carboxylic acids is 8. The van der Waals surface area contributed by atoms with Gasteiger partial charge in [0.2, 0.25) is 0 Å². The molecule has 2 unspecified atom stereocenters. The lowest BCUT2D eigenvalue weighted by atomic mass is 9.96. The molecule has 0 saturated carbocycles. The molecule has 2 heterocycles. The summed E-state index contributed by atoms with van der Waals surface area (Å²) in [6.07, 6.45) is 0. The van der Waals surface area contributed by atoms with Gasteiger partial charge in [-0.15, -0.1) is 0 Å². The van der Waals surface area contributed by atoms with Gasteiger partial charge in [-0.05, 0) is 79.0 Å². The molecule has 0 N–H and O–H groups in total. The number of hydrogen-bond acceptors (Lipinski definition) is 10. The Morgan fingerprint density at radius 3 is 1.18 bits per heavy atom. The van der Waals surface area contributed by atoms with Crippen molar-refractivity contribution in [2.45, 2.75) is 69.2 Å². The summed E-state index contributed by atoms with van der Waals surface area (Å²) in [6.45, 7) is 22.4. The molecule has 208 valence electrons. The summed E-state index contributed by atoms with van der Waals surface area (Å²) in [7, 11) is 0. The molecule has 0 radical (unpaired) electrons. The maximum atomic E-state index is 10.7. The van der Waals surface area contributed by atoms with Crippen LogP contribution in [-0.4, -0.2) is 47.0 Å². The number of rotatable bonds is 5. The van der Waals surface area contributed by atoms with Crippen LogP contribution in [0.25, 0.3) is 0 Å². The van der Waals surface area contributed by atoms with E-state index in [0.717, 1.165) is 0 Å². The van der Waals surface area contributed by atoms with Crippen LogP contribution in [0.5, 0.6) is 0 Å². The summed E-state index contributed by atoms with van der Waals surface area (Å²) in [4.78, 5) is 84.6. The van der Waals surface area contributed by atoms with Crippen molar-refractivity contribution in [3.8, 4) is 0 Å². The molecule has 10 heteroatoms. The van der Waals surface area contributed by atoms with Crippen LogP contribution in [0.2, 0.25) is 0 Å². The maximum absolute atomic E-state index is 10.7. The predicted molar refractivity (Wildman–Crippen MR) is 138 cm³/mol. The molecular formula is C28H36O10. The van der Waals surface area contributed by atoms with Gasteiger partial charge in [0.05, 0.1) is 5.92 Å². The van der Waals surface area contributed by atoms with Crippen molar-refractivity contribution in [1.82, 2.24) is 0 Å². The van der Waals surface area contributed by atoms with Crippen molar-refractivity contribution in [2.75, 3.05) is 0 Å². The molecule has 2 aliphatic heterocycles. The van der Waals surface area contributed by atoms with Crippen LogP contribution in [0.15, 0.2) is 46.6 Å². The maximum Gasteiger partial charge on any atom is 0.342 e. The van der Waals surface area contributed by atoms with Gasteiger partial charge in [0.15, 0.2) is 17.3 Å². The fourth-order valence-corrected chi connectivity index (χ4v) is 2.19. The van der Waals surface area contributed by atoms with Crippen molar-refractivity contribution in [3.05, 3.63) is 46.6 Å². The molecule has 10 nitrogen and oxygen atoms in total. The second-order valence-corrected chi connectivity index (χ2v) is 8.66. The lowest BCUT2D eigenvalue weighted by molar-refractivity contribution is -0.153. The minimum absolute atomic E-state index is 0.0137. The van der Waals surface area contributed by atoms with Crippen LogP contribution < -0.4 is 0 Å². The zero-order chi connectivity index (χ0) is 30.7. The molecule has 0 aromatic heterocycles. The summed E-state index contributed by atoms with van der Waals surface area (Å²) < 4.78 is 8.44. The topological polar surface area (TPSA) is 155 Å². The average Bonchev–Trinajstić information content (AvgIpc) is 3.19. The van der Waals surface area contributed by atoms with E-state index in [1.165, 1.54) is 27.7 Å². The van der Waals surface area contributed by atoms with Gasteiger partial charge in [0, 0.05) is 22.6 Å². The highest BCUT2D eigenvalue weighted by molar-refractivity contribution is 6.11. The molecular weight excluding hydrogens is 496 g/mol. The van der Waals surface area contributed by atoms with Crippen molar-refractivity contribution >= 4 is 47.0 Å². The number of Topliss-reactive ketones (excluding diaryl/α,β-unsaturated/α-hetero) is 4. The molecule has 1 fully saturated rings. The lowest BCUT2D eigenvalue weighted by Crippen LogP contribution is -2.13. The van der Waals surface area contributed by atoms with E-state index < -0.39 is 29.8 Å². The Morgan fingerprint density at radius 2 is 1.08 bits per heavy atom. The normalized spacial score (nSPS) is 17.3. The van der Waals surface area contributed by atoms with Gasteiger partial charge in [-0.3, -0.25) is 24.0 Å². The lowest BCUT2D eigenvalue weighted by Gasteiger charge is -2.06. The van der Waals surface area contributed by atoms with Gasteiger partial charge in [0.1, 0.15) is 5.78 Å². The number of ether oxygens (including phenoxy) is 2. The first-order chi connectivity index (χ1) is 17.2. The SMILES string of the molecule is C=C(C(C)=O)C(C)C(C)=O.C=C1C(=O)OC(=O)C1C.CC(=O)/C(C)=C(/C)C(C)=O.CC1=C(C)C(=O)OC1=O. The Kier molecular flexibility index (Phi) is 15.1. The van der Waals surface area contributed by atoms with Crippen LogP contribution >= 0.6 is 0 Å². The van der Waals surface area contributed by atoms with Gasteiger partial charge >= 0.3 is 23.9 Å². The van der Waals surface area contributed by atoms with Gasteiger partial charge in [-0.25, -0.2) is 14.4 Å². The fourth-order valence-electron chi connectivity index (χ4n) is 2.19. The predicted octanol–water partition coefficient (Wildman–Crippen LogP) is 3.53. The van der Waals surface area contributed by atoms with E-state index in [4.69, 9.17) is 0 Å². The monoisotopic (exact) mass is 532 g/mol. The van der Waals surface area contributed by atoms with Crippen LogP contribution in [0.4, 0.5) is 0 Å². The van der Waals surface area contributed by atoms with Gasteiger partial charge in [-0.1, -0.05) is 20.1 Å². The van der Waals surface area contributed by atoms with Crippen LogP contribution in [-0.2, 0) is 47.8 Å². The molecule has 0 spiro atoms. The number of hydrogen-bond donors (Lipinski definition) is 0. The van der Waals surface area contributed by atoms with Crippen molar-refractivity contribution in [3.63, 3.8) is 0 Å². The highest BCUT2D eigenvalue weighted by Crippen LogP contribution is 2.19. The van der Waals surface area contributed by atoms with E-state index >= 15 is 0 Å². The average molecular weight is 533 g/mol. The highest BCUT2D eigenvalue weighted by atomic mass is 16.6. The molecule has 0 bridgehead atoms. The zero-order valence-corrected chi connectivity index (χ0v) is 23.7. The third kappa shape index (κ3) is 11.3. The third-order valence-electron chi connectivity index (χ3n) is 5.90. The second-order valence-electron chi connectivity index (χ2n) is 8.66. The van der Waals surface area contributed by atoms with E-state index in [1.54, 1.807) is 41.5 Å². The number of esters is 4. The molecule has 0 amide bonds. The Hall–Kier alpha value is -4.08. The number of cyclic esters (lactones) is 4. The minimum atomic E-state index is -0.590. The van der Waals surface area contributed by atoms with Crippen molar-refractivity contribution in [2.24, 2.45) is 11.8 Å². The highest BCUT2D eigenvalue weighted by Gasteiger charge is 2.33. The summed E-state index contributed by atoms with van der Waals surface area (Å²) >= 11 is 0. The quantitative estimate of drug-likeness (QED) is 0.292. The summed E-state index contributed by atoms with van der Waals surface area (Å²) in [5.74, 6) is -3.08. The Balaban J connectivity index is 0. The Bertz CT molecular complexity index is 1100. The molecule has 38 heavy (non-hydrogen) atoms. The minimum Gasteiger partial charge on any atom is -0.389 e. The number of ketones is 4. The summed E-state index contributed by atoms with van der Waals surface area (Å²) in [6, 6.07) is 0. The summed E-state index contributed by atoms with van der Waals surface area (Å²) in [5.41, 5.74) is 2.60. The fraction of sp³-hybridized carbons (Fsp3) is 0.429. The van der Waals surface area contributed by atoms with E-state index in [1.807, 2.05) is 0 Å². The smallest absolute Gasteiger partial charge is 0.342 e. The van der Waals surface area contributed by atoms with E-state index in [-0.39, 0.29) is 34.6 Å². The first kappa shape index (κ1) is 36.1. The molecule has 2 rings (SSSR count). The van der Waals surface area contributed by atoms with Crippen LogP contribution in [0, 0.1) is 11.8 Å². The Morgan fingerprint density at radius 1 is 0.711 bits per heavy atom. The van der Waals surface area contributed by atoms with Gasteiger partial charge in [-0.2, -0.15) is 0 Å². The number of carbonyl (C=O) groups is 8. The molecule has 0 aromatic carbocycles. The largest absolute Gasteiger partial charge is 0.389 e. The molecule has 0 aromatic rings. The van der Waals surface area contributed by atoms with Crippen molar-refractivity contribution in [1.29, 1.82) is 0 Å². The molecule has 2 aliphatic rings. The van der Waals surface area contributed by atoms with E-state index in [2.05, 4.69) is 22.6 Å². The second kappa shape index (κ2) is 15.9. The first-order valence-corrected chi connectivity index (χ1v) is 11.5. The first-order valence-electron chi connectivity index (χ1n) is 11.5.